The number of aromatic nitrogens is 3. The van der Waals surface area contributed by atoms with Crippen molar-refractivity contribution in [3.63, 3.8) is 0 Å². The van der Waals surface area contributed by atoms with Crippen LogP contribution in [0.3, 0.4) is 0 Å². The van der Waals surface area contributed by atoms with Crippen molar-refractivity contribution in [2.24, 2.45) is 0 Å². The highest BCUT2D eigenvalue weighted by Crippen LogP contribution is 2.19. The molecule has 2 aromatic rings. The van der Waals surface area contributed by atoms with E-state index in [-0.39, 0.29) is 0 Å². The second-order valence-electron chi connectivity index (χ2n) is 3.80. The lowest BCUT2D eigenvalue weighted by Crippen LogP contribution is -2.20. The number of nitrogens with one attached hydrogen (secondary N) is 1. The fraction of sp³-hybridized carbons (Fsp3) is 0.364. The number of rotatable bonds is 2. The molecule has 0 bridgehead atoms. The van der Waals surface area contributed by atoms with E-state index < -0.39 is 0 Å². The molecule has 0 saturated carbocycles. The van der Waals surface area contributed by atoms with Gasteiger partial charge in [0.1, 0.15) is 12.1 Å². The van der Waals surface area contributed by atoms with Crippen LogP contribution in [0.1, 0.15) is 6.42 Å². The van der Waals surface area contributed by atoms with Crippen LogP contribution in [0.5, 0.6) is 0 Å². The van der Waals surface area contributed by atoms with Crippen LogP contribution in [0.25, 0.3) is 11.0 Å². The molecule has 1 aliphatic heterocycles. The van der Waals surface area contributed by atoms with Crippen molar-refractivity contribution in [1.82, 2.24) is 15.0 Å². The highest BCUT2D eigenvalue weighted by Gasteiger charge is 2.16. The lowest BCUT2D eigenvalue weighted by atomic mass is 10.2. The predicted molar refractivity (Wildman–Crippen MR) is 60.2 cm³/mol. The zero-order valence-corrected chi connectivity index (χ0v) is 8.76. The Morgan fingerprint density at radius 3 is 3.19 bits per heavy atom. The van der Waals surface area contributed by atoms with Crippen LogP contribution in [0.15, 0.2) is 24.7 Å². The average molecular weight is 216 g/mol. The van der Waals surface area contributed by atoms with Crippen molar-refractivity contribution in [3.05, 3.63) is 24.7 Å². The smallest absolute Gasteiger partial charge is 0.164 e. The van der Waals surface area contributed by atoms with Gasteiger partial charge in [-0.15, -0.1) is 0 Å². The van der Waals surface area contributed by atoms with Gasteiger partial charge in [0, 0.05) is 12.8 Å². The van der Waals surface area contributed by atoms with Gasteiger partial charge < -0.3 is 10.1 Å². The van der Waals surface area contributed by atoms with E-state index in [4.69, 9.17) is 4.74 Å². The third-order valence-electron chi connectivity index (χ3n) is 2.68. The summed E-state index contributed by atoms with van der Waals surface area (Å²) in [6.07, 6.45) is 4.29. The van der Waals surface area contributed by atoms with Crippen molar-refractivity contribution in [2.75, 3.05) is 18.5 Å². The first-order chi connectivity index (χ1) is 7.93. The van der Waals surface area contributed by atoms with Gasteiger partial charge in [0.15, 0.2) is 5.65 Å². The molecule has 1 saturated heterocycles. The summed E-state index contributed by atoms with van der Waals surface area (Å²) < 4.78 is 5.32. The van der Waals surface area contributed by atoms with Crippen LogP contribution >= 0.6 is 0 Å². The Balaban J connectivity index is 1.96. The normalized spacial score (nSPS) is 20.1. The molecular weight excluding hydrogens is 204 g/mol. The molecule has 0 spiro atoms. The molecule has 82 valence electrons. The minimum atomic E-state index is 0.346. The molecule has 0 amide bonds. The van der Waals surface area contributed by atoms with E-state index in [1.165, 1.54) is 6.33 Å². The molecule has 3 heterocycles. The van der Waals surface area contributed by atoms with Crippen LogP contribution in [-0.2, 0) is 4.74 Å². The van der Waals surface area contributed by atoms with E-state index in [1.807, 2.05) is 12.1 Å². The molecule has 1 N–H and O–H groups in total. The summed E-state index contributed by atoms with van der Waals surface area (Å²) in [7, 11) is 0. The molecule has 0 unspecified atom stereocenters. The molecule has 5 heteroatoms. The van der Waals surface area contributed by atoms with Gasteiger partial charge in [-0.25, -0.2) is 15.0 Å². The van der Waals surface area contributed by atoms with Gasteiger partial charge in [0.2, 0.25) is 0 Å². The van der Waals surface area contributed by atoms with Gasteiger partial charge in [0.25, 0.3) is 0 Å². The SMILES string of the molecule is c1cnc2ncnc(N[C@@H]3CCOC3)c2c1. The molecule has 1 aliphatic rings. The van der Waals surface area contributed by atoms with Gasteiger partial charge in [-0.2, -0.15) is 0 Å². The molecule has 3 rings (SSSR count). The van der Waals surface area contributed by atoms with Crippen LogP contribution in [0.2, 0.25) is 0 Å². The van der Waals surface area contributed by atoms with Crippen LogP contribution in [-0.4, -0.2) is 34.2 Å². The molecule has 16 heavy (non-hydrogen) atoms. The molecule has 2 aromatic heterocycles. The first-order valence-corrected chi connectivity index (χ1v) is 5.33. The Labute approximate surface area is 92.9 Å². The van der Waals surface area contributed by atoms with Crippen LogP contribution < -0.4 is 5.32 Å². The highest BCUT2D eigenvalue weighted by molar-refractivity contribution is 5.85. The first-order valence-electron chi connectivity index (χ1n) is 5.33. The monoisotopic (exact) mass is 216 g/mol. The summed E-state index contributed by atoms with van der Waals surface area (Å²) >= 11 is 0. The van der Waals surface area contributed by atoms with Crippen LogP contribution in [0.4, 0.5) is 5.82 Å². The molecule has 0 aliphatic carbocycles. The average Bonchev–Trinajstić information content (AvgIpc) is 2.82. The largest absolute Gasteiger partial charge is 0.379 e. The fourth-order valence-corrected chi connectivity index (χ4v) is 1.85. The zero-order chi connectivity index (χ0) is 10.8. The Bertz CT molecular complexity index is 491. The number of hydrogen-bond donors (Lipinski definition) is 1. The van der Waals surface area contributed by atoms with E-state index in [9.17, 15) is 0 Å². The number of anilines is 1. The van der Waals surface area contributed by atoms with Crippen LogP contribution in [0, 0.1) is 0 Å². The number of hydrogen-bond acceptors (Lipinski definition) is 5. The highest BCUT2D eigenvalue weighted by atomic mass is 16.5. The van der Waals surface area contributed by atoms with E-state index >= 15 is 0 Å². The second kappa shape index (κ2) is 4.02. The Morgan fingerprint density at radius 2 is 2.31 bits per heavy atom. The maximum Gasteiger partial charge on any atom is 0.164 e. The van der Waals surface area contributed by atoms with Gasteiger partial charge >= 0.3 is 0 Å². The van der Waals surface area contributed by atoms with Gasteiger partial charge in [-0.05, 0) is 18.6 Å². The van der Waals surface area contributed by atoms with E-state index in [2.05, 4.69) is 20.3 Å². The molecular formula is C11H12N4O. The minimum absolute atomic E-state index is 0.346. The van der Waals surface area contributed by atoms with E-state index in [1.54, 1.807) is 6.20 Å². The molecule has 5 nitrogen and oxygen atoms in total. The third-order valence-corrected chi connectivity index (χ3v) is 2.68. The summed E-state index contributed by atoms with van der Waals surface area (Å²) in [5, 5.41) is 4.32. The van der Waals surface area contributed by atoms with Crippen molar-refractivity contribution >= 4 is 16.9 Å². The van der Waals surface area contributed by atoms with Gasteiger partial charge in [0.05, 0.1) is 18.0 Å². The topological polar surface area (TPSA) is 59.9 Å². The van der Waals surface area contributed by atoms with Gasteiger partial charge in [-0.1, -0.05) is 0 Å². The summed E-state index contributed by atoms with van der Waals surface area (Å²) in [4.78, 5) is 12.6. The molecule has 0 aromatic carbocycles. The molecule has 1 atom stereocenters. The van der Waals surface area contributed by atoms with Crippen molar-refractivity contribution in [2.45, 2.75) is 12.5 Å². The number of fused-ring (bicyclic) bond motifs is 1. The summed E-state index contributed by atoms with van der Waals surface area (Å²) in [6, 6.07) is 4.21. The third kappa shape index (κ3) is 1.69. The standard InChI is InChI=1S/C11H12N4O/c1-2-9-10(12-4-1)13-7-14-11(9)15-8-3-5-16-6-8/h1-2,4,7-8H,3,5-6H2,(H,12,13,14,15)/t8-/m1/s1. The number of ether oxygens (including phenoxy) is 1. The van der Waals surface area contributed by atoms with Crippen molar-refractivity contribution < 1.29 is 4.74 Å². The summed E-state index contributed by atoms with van der Waals surface area (Å²) in [6.45, 7) is 1.56. The molecule has 0 radical (unpaired) electrons. The number of nitrogens with zero attached hydrogens (tertiary/aromatic N) is 3. The Morgan fingerprint density at radius 1 is 1.31 bits per heavy atom. The lowest BCUT2D eigenvalue weighted by Gasteiger charge is -2.12. The van der Waals surface area contributed by atoms with E-state index in [0.29, 0.717) is 6.04 Å². The molecule has 1 fully saturated rings. The maximum absolute atomic E-state index is 5.32. The minimum Gasteiger partial charge on any atom is -0.379 e. The second-order valence-corrected chi connectivity index (χ2v) is 3.80. The van der Waals surface area contributed by atoms with E-state index in [0.717, 1.165) is 36.5 Å². The maximum atomic E-state index is 5.32. The Hall–Kier alpha value is -1.75. The van der Waals surface area contributed by atoms with Crippen molar-refractivity contribution in [3.8, 4) is 0 Å². The van der Waals surface area contributed by atoms with Gasteiger partial charge in [-0.3, -0.25) is 0 Å². The fourth-order valence-electron chi connectivity index (χ4n) is 1.85. The number of pyridine rings is 1. The summed E-state index contributed by atoms with van der Waals surface area (Å²) in [5.41, 5.74) is 0.721. The summed E-state index contributed by atoms with van der Waals surface area (Å²) in [5.74, 6) is 0.841. The quantitative estimate of drug-likeness (QED) is 0.818. The Kier molecular flexibility index (Phi) is 2.38. The lowest BCUT2D eigenvalue weighted by molar-refractivity contribution is 0.195. The zero-order valence-electron chi connectivity index (χ0n) is 8.76. The first kappa shape index (κ1) is 9.47. The predicted octanol–water partition coefficient (Wildman–Crippen LogP) is 1.23. The van der Waals surface area contributed by atoms with Crippen molar-refractivity contribution in [1.29, 1.82) is 0 Å².